The molecule has 0 fully saturated rings. The maximum atomic E-state index is 13.5. The fourth-order valence-electron chi connectivity index (χ4n) is 2.66. The number of guanidine groups is 1. The maximum Gasteiger partial charge on any atom is 0.412 e. The van der Waals surface area contributed by atoms with Crippen LogP contribution in [0.2, 0.25) is 0 Å². The molecule has 0 spiro atoms. The van der Waals surface area contributed by atoms with Crippen LogP contribution in [0.5, 0.6) is 5.75 Å². The Labute approximate surface area is 205 Å². The molecule has 0 saturated heterocycles. The Bertz CT molecular complexity index is 899. The lowest BCUT2D eigenvalue weighted by Gasteiger charge is -2.19. The van der Waals surface area contributed by atoms with Crippen molar-refractivity contribution in [3.8, 4) is 5.75 Å². The number of hydrogen-bond acceptors (Lipinski definition) is 4. The van der Waals surface area contributed by atoms with Crippen molar-refractivity contribution in [3.63, 3.8) is 0 Å². The number of carbonyl (C=O) groups is 1. The summed E-state index contributed by atoms with van der Waals surface area (Å²) in [6, 6.07) is 11.8. The number of aliphatic imine (C=N–C) groups is 1. The highest BCUT2D eigenvalue weighted by atomic mass is 127. The Morgan fingerprint density at radius 2 is 1.75 bits per heavy atom. The van der Waals surface area contributed by atoms with E-state index in [-0.39, 0.29) is 36.3 Å². The quantitative estimate of drug-likeness (QED) is 0.223. The first-order valence-electron chi connectivity index (χ1n) is 10.2. The predicted octanol–water partition coefficient (Wildman–Crippen LogP) is 4.79. The highest BCUT2D eigenvalue weighted by molar-refractivity contribution is 14.0. The number of halogens is 2. The summed E-state index contributed by atoms with van der Waals surface area (Å²) in [6.45, 7) is 9.05. The molecule has 32 heavy (non-hydrogen) atoms. The number of rotatable bonds is 7. The van der Waals surface area contributed by atoms with E-state index in [4.69, 9.17) is 4.74 Å². The van der Waals surface area contributed by atoms with Crippen molar-refractivity contribution in [2.75, 3.05) is 18.4 Å². The van der Waals surface area contributed by atoms with Gasteiger partial charge in [-0.25, -0.2) is 14.2 Å². The highest BCUT2D eigenvalue weighted by Gasteiger charge is 2.16. The molecule has 0 aromatic heterocycles. The van der Waals surface area contributed by atoms with Crippen LogP contribution in [0.1, 0.15) is 38.8 Å². The third kappa shape index (κ3) is 10.2. The number of anilines is 1. The number of nitrogens with zero attached hydrogens (tertiary/aromatic N) is 1. The minimum Gasteiger partial charge on any atom is -0.505 e. The number of nitrogens with one attached hydrogen (secondary N) is 3. The molecule has 4 N–H and O–H groups in total. The summed E-state index contributed by atoms with van der Waals surface area (Å²) >= 11 is 0. The number of benzene rings is 2. The van der Waals surface area contributed by atoms with Crippen molar-refractivity contribution >= 4 is 41.7 Å². The van der Waals surface area contributed by atoms with Crippen LogP contribution in [0.25, 0.3) is 0 Å². The van der Waals surface area contributed by atoms with E-state index in [1.54, 1.807) is 6.07 Å². The van der Waals surface area contributed by atoms with Gasteiger partial charge in [-0.2, -0.15) is 0 Å². The molecule has 0 aliphatic rings. The van der Waals surface area contributed by atoms with Gasteiger partial charge in [-0.15, -0.1) is 24.0 Å². The molecular weight excluding hydrogens is 526 g/mol. The van der Waals surface area contributed by atoms with Gasteiger partial charge in [0, 0.05) is 18.8 Å². The van der Waals surface area contributed by atoms with Crippen molar-refractivity contribution < 1.29 is 19.0 Å². The van der Waals surface area contributed by atoms with Gasteiger partial charge in [-0.05, 0) is 69.5 Å². The van der Waals surface area contributed by atoms with Gasteiger partial charge in [0.25, 0.3) is 0 Å². The number of amides is 1. The summed E-state index contributed by atoms with van der Waals surface area (Å²) in [5.74, 6) is -0.403. The molecule has 0 saturated carbocycles. The van der Waals surface area contributed by atoms with Crippen LogP contribution in [-0.2, 0) is 17.7 Å². The molecule has 2 rings (SSSR count). The Morgan fingerprint density at radius 1 is 1.09 bits per heavy atom. The van der Waals surface area contributed by atoms with Gasteiger partial charge in [0.2, 0.25) is 0 Å². The molecule has 176 valence electrons. The third-order valence-electron chi connectivity index (χ3n) is 4.08. The number of carbonyl (C=O) groups excluding carboxylic acids is 1. The molecule has 0 bridgehead atoms. The van der Waals surface area contributed by atoms with Gasteiger partial charge in [0.1, 0.15) is 5.60 Å². The van der Waals surface area contributed by atoms with Crippen molar-refractivity contribution in [1.29, 1.82) is 0 Å². The first kappa shape index (κ1) is 27.5. The molecule has 1 amide bonds. The van der Waals surface area contributed by atoms with Crippen molar-refractivity contribution in [3.05, 3.63) is 59.4 Å². The van der Waals surface area contributed by atoms with E-state index in [0.717, 1.165) is 12.0 Å². The van der Waals surface area contributed by atoms with E-state index in [9.17, 15) is 14.3 Å². The van der Waals surface area contributed by atoms with Gasteiger partial charge >= 0.3 is 6.09 Å². The molecule has 0 aliphatic heterocycles. The van der Waals surface area contributed by atoms with Crippen LogP contribution in [0, 0.1) is 5.82 Å². The van der Waals surface area contributed by atoms with E-state index >= 15 is 0 Å². The number of hydrogen-bond donors (Lipinski definition) is 4. The second-order valence-electron chi connectivity index (χ2n) is 7.98. The average molecular weight is 558 g/mol. The Kier molecular flexibility index (Phi) is 11.2. The summed E-state index contributed by atoms with van der Waals surface area (Å²) in [5, 5.41) is 18.4. The lowest BCUT2D eigenvalue weighted by atomic mass is 10.1. The van der Waals surface area contributed by atoms with E-state index in [2.05, 4.69) is 20.9 Å². The predicted molar refractivity (Wildman–Crippen MR) is 136 cm³/mol. The summed E-state index contributed by atoms with van der Waals surface area (Å²) in [6.07, 6.45) is 0.271. The monoisotopic (exact) mass is 558 g/mol. The number of phenolic OH excluding ortho intramolecular Hbond substituents is 1. The first-order chi connectivity index (χ1) is 14.7. The third-order valence-corrected chi connectivity index (χ3v) is 4.08. The molecule has 0 heterocycles. The SMILES string of the molecule is CCNC(=NCc1ccc(O)c(F)c1)NCCc1ccc(NC(=O)OC(C)(C)C)cc1.I. The van der Waals surface area contributed by atoms with Crippen LogP contribution in [0.15, 0.2) is 47.5 Å². The Hall–Kier alpha value is -2.56. The smallest absolute Gasteiger partial charge is 0.412 e. The van der Waals surface area contributed by atoms with Crippen LogP contribution in [0.4, 0.5) is 14.9 Å². The Morgan fingerprint density at radius 3 is 2.34 bits per heavy atom. The van der Waals surface area contributed by atoms with Crippen LogP contribution >= 0.6 is 24.0 Å². The van der Waals surface area contributed by atoms with Crippen molar-refractivity contribution in [1.82, 2.24) is 10.6 Å². The summed E-state index contributed by atoms with van der Waals surface area (Å²) < 4.78 is 18.7. The maximum absolute atomic E-state index is 13.5. The lowest BCUT2D eigenvalue weighted by Crippen LogP contribution is -2.38. The van der Waals surface area contributed by atoms with Crippen LogP contribution in [-0.4, -0.2) is 35.8 Å². The molecule has 9 heteroatoms. The first-order valence-corrected chi connectivity index (χ1v) is 10.2. The lowest BCUT2D eigenvalue weighted by molar-refractivity contribution is 0.0636. The van der Waals surface area contributed by atoms with E-state index in [1.807, 2.05) is 52.0 Å². The van der Waals surface area contributed by atoms with E-state index < -0.39 is 17.5 Å². The molecule has 2 aromatic carbocycles. The fraction of sp³-hybridized carbons (Fsp3) is 0.391. The number of phenols is 1. The van der Waals surface area contributed by atoms with E-state index in [0.29, 0.717) is 30.3 Å². The average Bonchev–Trinajstić information content (AvgIpc) is 2.68. The van der Waals surface area contributed by atoms with Gasteiger partial charge in [0.05, 0.1) is 6.54 Å². The second-order valence-corrected chi connectivity index (χ2v) is 7.98. The van der Waals surface area contributed by atoms with Crippen LogP contribution < -0.4 is 16.0 Å². The molecule has 0 aliphatic carbocycles. The molecule has 7 nitrogen and oxygen atoms in total. The number of aromatic hydroxyl groups is 1. The molecular formula is C23H32FIN4O3. The zero-order valence-electron chi connectivity index (χ0n) is 18.9. The molecule has 0 unspecified atom stereocenters. The normalized spacial score (nSPS) is 11.3. The zero-order valence-corrected chi connectivity index (χ0v) is 21.2. The summed E-state index contributed by atoms with van der Waals surface area (Å²) in [5.41, 5.74) is 1.89. The standard InChI is InChI=1S/C23H31FN4O3.HI/c1-5-25-21(27-15-17-8-11-20(29)19(24)14-17)26-13-12-16-6-9-18(10-7-16)28-22(30)31-23(2,3)4;/h6-11,14,29H,5,12-13,15H2,1-4H3,(H,28,30)(H2,25,26,27);1H. The summed E-state index contributed by atoms with van der Waals surface area (Å²) in [7, 11) is 0. The topological polar surface area (TPSA) is 95.0 Å². The Balaban J connectivity index is 0.00000512. The zero-order chi connectivity index (χ0) is 22.9. The fourth-order valence-corrected chi connectivity index (χ4v) is 2.66. The minimum absolute atomic E-state index is 0. The minimum atomic E-state index is -0.657. The van der Waals surface area contributed by atoms with Crippen molar-refractivity contribution in [2.45, 2.75) is 46.3 Å². The highest BCUT2D eigenvalue weighted by Crippen LogP contribution is 2.16. The van der Waals surface area contributed by atoms with E-state index in [1.165, 1.54) is 12.1 Å². The van der Waals surface area contributed by atoms with Gasteiger partial charge in [0.15, 0.2) is 17.5 Å². The van der Waals surface area contributed by atoms with Crippen LogP contribution in [0.3, 0.4) is 0 Å². The molecule has 0 atom stereocenters. The number of ether oxygens (including phenoxy) is 1. The van der Waals surface area contributed by atoms with Gasteiger partial charge in [-0.3, -0.25) is 5.32 Å². The van der Waals surface area contributed by atoms with Gasteiger partial charge in [-0.1, -0.05) is 18.2 Å². The van der Waals surface area contributed by atoms with Gasteiger partial charge < -0.3 is 20.5 Å². The summed E-state index contributed by atoms with van der Waals surface area (Å²) in [4.78, 5) is 16.3. The second kappa shape index (κ2) is 13.1. The molecule has 0 radical (unpaired) electrons. The van der Waals surface area contributed by atoms with Crippen molar-refractivity contribution in [2.24, 2.45) is 4.99 Å². The largest absolute Gasteiger partial charge is 0.505 e. The molecule has 2 aromatic rings.